The molecule has 1 aliphatic rings. The lowest BCUT2D eigenvalue weighted by Crippen LogP contribution is -2.66. The first-order valence-electron chi connectivity index (χ1n) is 9.20. The summed E-state index contributed by atoms with van der Waals surface area (Å²) in [7, 11) is -3.83. The minimum absolute atomic E-state index is 0.00720. The first-order valence-corrected chi connectivity index (χ1v) is 10.7. The molecular formula is C20H25NO8S. The zero-order valence-electron chi connectivity index (χ0n) is 16.5. The number of aliphatic hydroxyl groups is 4. The molecule has 5 unspecified atom stereocenters. The number of sulfonamides is 1. The predicted molar refractivity (Wildman–Crippen MR) is 107 cm³/mol. The second-order valence-corrected chi connectivity index (χ2v) is 9.08. The molecule has 2 aromatic carbocycles. The Balaban J connectivity index is 1.87. The molecule has 30 heavy (non-hydrogen) atoms. The van der Waals surface area contributed by atoms with Crippen molar-refractivity contribution >= 4 is 10.0 Å². The van der Waals surface area contributed by atoms with Crippen molar-refractivity contribution in [2.45, 2.75) is 48.9 Å². The van der Waals surface area contributed by atoms with Crippen molar-refractivity contribution in [3.05, 3.63) is 48.0 Å². The second kappa shape index (κ2) is 8.23. The Morgan fingerprint density at radius 2 is 1.83 bits per heavy atom. The van der Waals surface area contributed by atoms with E-state index in [9.17, 15) is 28.8 Å². The van der Waals surface area contributed by atoms with Crippen LogP contribution in [0.5, 0.6) is 5.75 Å². The molecule has 0 aliphatic carbocycles. The average Bonchev–Trinajstić information content (AvgIpc) is 2.69. The summed E-state index contributed by atoms with van der Waals surface area (Å²) in [6, 6.07) is 11.2. The third kappa shape index (κ3) is 4.35. The maximum absolute atomic E-state index is 11.6. The highest BCUT2D eigenvalue weighted by Crippen LogP contribution is 2.34. The molecular weight excluding hydrogens is 414 g/mol. The van der Waals surface area contributed by atoms with E-state index in [1.165, 1.54) is 19.1 Å². The van der Waals surface area contributed by atoms with Crippen LogP contribution in [0.15, 0.2) is 47.4 Å². The lowest BCUT2D eigenvalue weighted by molar-refractivity contribution is -0.314. The van der Waals surface area contributed by atoms with Crippen molar-refractivity contribution in [2.75, 3.05) is 6.61 Å². The molecule has 5 atom stereocenters. The molecule has 0 amide bonds. The van der Waals surface area contributed by atoms with Crippen LogP contribution in [0.2, 0.25) is 0 Å². The lowest BCUT2D eigenvalue weighted by atomic mass is 9.88. The summed E-state index contributed by atoms with van der Waals surface area (Å²) in [5.41, 5.74) is 0.0652. The summed E-state index contributed by atoms with van der Waals surface area (Å²) in [4.78, 5) is -0.00720. The van der Waals surface area contributed by atoms with E-state index in [1.54, 1.807) is 37.3 Å². The number of primary sulfonamides is 1. The van der Waals surface area contributed by atoms with Crippen LogP contribution in [0.25, 0.3) is 11.1 Å². The summed E-state index contributed by atoms with van der Waals surface area (Å²) in [6.45, 7) is 2.45. The van der Waals surface area contributed by atoms with Crippen molar-refractivity contribution in [2.24, 2.45) is 5.14 Å². The standard InChI is InChI=1S/C20H25NO8S/c1-11-8-13(12-4-3-5-14(9-12)30(21,26)27)6-7-15(11)28-19-20(2,25)18(24)17(23)16(10-22)29-19/h3-9,16-19,22-25H,10H2,1-2H3,(H2,21,26,27). The summed E-state index contributed by atoms with van der Waals surface area (Å²) in [5.74, 6) is 0.340. The monoisotopic (exact) mass is 439 g/mol. The number of hydrogen-bond donors (Lipinski definition) is 5. The molecule has 3 rings (SSSR count). The molecule has 1 saturated heterocycles. The van der Waals surface area contributed by atoms with Crippen LogP contribution >= 0.6 is 0 Å². The normalized spacial score (nSPS) is 29.6. The van der Waals surface area contributed by atoms with Gasteiger partial charge in [-0.25, -0.2) is 13.6 Å². The van der Waals surface area contributed by atoms with E-state index in [1.807, 2.05) is 0 Å². The molecule has 2 aromatic rings. The minimum Gasteiger partial charge on any atom is -0.461 e. The molecule has 9 nitrogen and oxygen atoms in total. The number of benzene rings is 2. The van der Waals surface area contributed by atoms with Crippen molar-refractivity contribution < 1.29 is 38.3 Å². The Kier molecular flexibility index (Phi) is 6.21. The summed E-state index contributed by atoms with van der Waals surface area (Å²) >= 11 is 0. The Morgan fingerprint density at radius 1 is 1.17 bits per heavy atom. The highest BCUT2D eigenvalue weighted by molar-refractivity contribution is 7.89. The largest absolute Gasteiger partial charge is 0.461 e. The summed E-state index contributed by atoms with van der Waals surface area (Å²) in [5, 5.41) is 45.2. The molecule has 10 heteroatoms. The SMILES string of the molecule is Cc1cc(-c2cccc(S(N)(=O)=O)c2)ccc1OC1OC(CO)C(O)C(O)C1(C)O. The van der Waals surface area contributed by atoms with Gasteiger partial charge in [-0.2, -0.15) is 0 Å². The maximum Gasteiger partial charge on any atom is 0.238 e. The van der Waals surface area contributed by atoms with Gasteiger partial charge in [0.25, 0.3) is 0 Å². The molecule has 0 saturated carbocycles. The smallest absolute Gasteiger partial charge is 0.238 e. The Hall–Kier alpha value is -2.05. The van der Waals surface area contributed by atoms with Crippen molar-refractivity contribution in [1.29, 1.82) is 0 Å². The van der Waals surface area contributed by atoms with E-state index in [0.29, 0.717) is 22.4 Å². The van der Waals surface area contributed by atoms with E-state index in [0.717, 1.165) is 0 Å². The van der Waals surface area contributed by atoms with Crippen LogP contribution in [-0.4, -0.2) is 65.7 Å². The fourth-order valence-corrected chi connectivity index (χ4v) is 3.85. The van der Waals surface area contributed by atoms with Gasteiger partial charge in [-0.15, -0.1) is 0 Å². The Morgan fingerprint density at radius 3 is 2.43 bits per heavy atom. The van der Waals surface area contributed by atoms with Gasteiger partial charge in [-0.3, -0.25) is 0 Å². The molecule has 0 bridgehead atoms. The van der Waals surface area contributed by atoms with E-state index in [-0.39, 0.29) is 4.90 Å². The van der Waals surface area contributed by atoms with Crippen molar-refractivity contribution in [3.8, 4) is 16.9 Å². The highest BCUT2D eigenvalue weighted by atomic mass is 32.2. The van der Waals surface area contributed by atoms with E-state index >= 15 is 0 Å². The van der Waals surface area contributed by atoms with Crippen molar-refractivity contribution in [3.63, 3.8) is 0 Å². The van der Waals surface area contributed by atoms with Gasteiger partial charge in [0.15, 0.2) is 5.60 Å². The van der Waals surface area contributed by atoms with E-state index in [4.69, 9.17) is 14.6 Å². The number of aryl methyl sites for hydroxylation is 1. The summed E-state index contributed by atoms with van der Waals surface area (Å²) in [6.07, 6.45) is -5.53. The Labute approximate surface area is 174 Å². The zero-order chi connectivity index (χ0) is 22.3. The van der Waals surface area contributed by atoms with Gasteiger partial charge in [0.1, 0.15) is 24.1 Å². The topological polar surface area (TPSA) is 160 Å². The van der Waals surface area contributed by atoms with Gasteiger partial charge in [0, 0.05) is 0 Å². The number of aliphatic hydroxyl groups excluding tert-OH is 3. The second-order valence-electron chi connectivity index (χ2n) is 7.52. The van der Waals surface area contributed by atoms with Crippen LogP contribution in [0.1, 0.15) is 12.5 Å². The van der Waals surface area contributed by atoms with Crippen LogP contribution in [0, 0.1) is 6.92 Å². The van der Waals surface area contributed by atoms with Crippen LogP contribution in [0.4, 0.5) is 0 Å². The van der Waals surface area contributed by atoms with Gasteiger partial charge in [-0.05, 0) is 54.8 Å². The van der Waals surface area contributed by atoms with Gasteiger partial charge in [-0.1, -0.05) is 18.2 Å². The maximum atomic E-state index is 11.6. The third-order valence-electron chi connectivity index (χ3n) is 5.16. The van der Waals surface area contributed by atoms with Crippen LogP contribution in [-0.2, 0) is 14.8 Å². The minimum atomic E-state index is -3.83. The van der Waals surface area contributed by atoms with Crippen LogP contribution < -0.4 is 9.88 Å². The Bertz CT molecular complexity index is 1020. The first-order chi connectivity index (χ1) is 13.9. The number of hydrogen-bond acceptors (Lipinski definition) is 8. The molecule has 1 fully saturated rings. The molecule has 0 spiro atoms. The molecule has 6 N–H and O–H groups in total. The first kappa shape index (κ1) is 22.6. The molecule has 0 radical (unpaired) electrons. The zero-order valence-corrected chi connectivity index (χ0v) is 17.3. The quantitative estimate of drug-likeness (QED) is 0.431. The van der Waals surface area contributed by atoms with Gasteiger partial charge in [0.05, 0.1) is 11.5 Å². The molecule has 1 aliphatic heterocycles. The number of nitrogens with two attached hydrogens (primary N) is 1. The van der Waals surface area contributed by atoms with Crippen LogP contribution in [0.3, 0.4) is 0 Å². The van der Waals surface area contributed by atoms with Gasteiger partial charge < -0.3 is 29.9 Å². The number of ether oxygens (including phenoxy) is 2. The fourth-order valence-electron chi connectivity index (χ4n) is 3.29. The molecule has 164 valence electrons. The highest BCUT2D eigenvalue weighted by Gasteiger charge is 2.53. The van der Waals surface area contributed by atoms with Gasteiger partial charge in [0.2, 0.25) is 16.3 Å². The average molecular weight is 439 g/mol. The fraction of sp³-hybridized carbons (Fsp3) is 0.400. The molecule has 1 heterocycles. The van der Waals surface area contributed by atoms with E-state index in [2.05, 4.69) is 0 Å². The van der Waals surface area contributed by atoms with E-state index < -0.39 is 46.8 Å². The van der Waals surface area contributed by atoms with Crippen molar-refractivity contribution in [1.82, 2.24) is 0 Å². The predicted octanol–water partition coefficient (Wildman–Crippen LogP) is -0.122. The number of rotatable bonds is 5. The summed E-state index contributed by atoms with van der Waals surface area (Å²) < 4.78 is 34.4. The van der Waals surface area contributed by atoms with Gasteiger partial charge >= 0.3 is 0 Å². The molecule has 0 aromatic heterocycles. The third-order valence-corrected chi connectivity index (χ3v) is 6.07. The lowest BCUT2D eigenvalue weighted by Gasteiger charge is -2.45.